The molecule has 1 aromatic carbocycles. The Hall–Kier alpha value is -2.02. The van der Waals surface area contributed by atoms with Crippen molar-refractivity contribution < 1.29 is 14.3 Å². The predicted molar refractivity (Wildman–Crippen MR) is 88.7 cm³/mol. The molecular formula is C16H21N3O3S. The summed E-state index contributed by atoms with van der Waals surface area (Å²) in [6.07, 6.45) is -0.249. The maximum atomic E-state index is 11.2. The lowest BCUT2D eigenvalue weighted by atomic mass is 10.1. The third-order valence-corrected chi connectivity index (χ3v) is 4.41. The van der Waals surface area contributed by atoms with Gasteiger partial charge in [0, 0.05) is 7.05 Å². The van der Waals surface area contributed by atoms with E-state index < -0.39 is 0 Å². The standard InChI is InChI=1S/C16H21N3O3S/c1-10-6-7-13(11(2)8-10)22-12(3)15-17-18-16(19(15)4)23-9-14(20)21-5/h6-8,12H,9H2,1-5H3. The van der Waals surface area contributed by atoms with Gasteiger partial charge in [0.25, 0.3) is 0 Å². The van der Waals surface area contributed by atoms with E-state index in [9.17, 15) is 4.79 Å². The van der Waals surface area contributed by atoms with Crippen LogP contribution in [0.15, 0.2) is 23.4 Å². The average Bonchev–Trinajstić information content (AvgIpc) is 2.88. The van der Waals surface area contributed by atoms with Crippen molar-refractivity contribution in [2.24, 2.45) is 7.05 Å². The van der Waals surface area contributed by atoms with Gasteiger partial charge in [0.2, 0.25) is 0 Å². The molecule has 0 saturated heterocycles. The molecule has 0 saturated carbocycles. The molecule has 23 heavy (non-hydrogen) atoms. The molecule has 0 aliphatic rings. The Bertz CT molecular complexity index is 700. The Kier molecular flexibility index (Phi) is 5.65. The van der Waals surface area contributed by atoms with Crippen LogP contribution in [-0.2, 0) is 16.6 Å². The SMILES string of the molecule is COC(=O)CSc1nnc(C(C)Oc2ccc(C)cc2C)n1C. The van der Waals surface area contributed by atoms with Crippen LogP contribution in [0.2, 0.25) is 0 Å². The molecule has 0 bridgehead atoms. The Morgan fingerprint density at radius 2 is 2.09 bits per heavy atom. The van der Waals surface area contributed by atoms with Gasteiger partial charge in [0.15, 0.2) is 17.1 Å². The molecule has 0 amide bonds. The molecular weight excluding hydrogens is 314 g/mol. The first-order valence-corrected chi connectivity index (χ1v) is 8.23. The van der Waals surface area contributed by atoms with E-state index in [1.807, 2.05) is 44.5 Å². The van der Waals surface area contributed by atoms with Crippen molar-refractivity contribution in [3.05, 3.63) is 35.2 Å². The number of thioether (sulfide) groups is 1. The Morgan fingerprint density at radius 3 is 2.74 bits per heavy atom. The molecule has 0 aliphatic carbocycles. The Morgan fingerprint density at radius 1 is 1.35 bits per heavy atom. The van der Waals surface area contributed by atoms with Crippen LogP contribution in [0.4, 0.5) is 0 Å². The van der Waals surface area contributed by atoms with E-state index in [2.05, 4.69) is 21.0 Å². The highest BCUT2D eigenvalue weighted by Crippen LogP contribution is 2.26. The van der Waals surface area contributed by atoms with Crippen molar-refractivity contribution in [1.29, 1.82) is 0 Å². The van der Waals surface area contributed by atoms with Crippen LogP contribution in [0.3, 0.4) is 0 Å². The number of aryl methyl sites for hydroxylation is 2. The van der Waals surface area contributed by atoms with E-state index in [1.54, 1.807) is 0 Å². The van der Waals surface area contributed by atoms with Crippen LogP contribution in [0.5, 0.6) is 5.75 Å². The van der Waals surface area contributed by atoms with Gasteiger partial charge >= 0.3 is 5.97 Å². The number of benzene rings is 1. The van der Waals surface area contributed by atoms with E-state index in [-0.39, 0.29) is 17.8 Å². The van der Waals surface area contributed by atoms with E-state index in [1.165, 1.54) is 24.4 Å². The zero-order chi connectivity index (χ0) is 17.0. The van der Waals surface area contributed by atoms with Gasteiger partial charge in [-0.05, 0) is 32.4 Å². The van der Waals surface area contributed by atoms with E-state index >= 15 is 0 Å². The average molecular weight is 335 g/mol. The first-order valence-electron chi connectivity index (χ1n) is 7.25. The van der Waals surface area contributed by atoms with Crippen LogP contribution in [-0.4, -0.2) is 33.6 Å². The second-order valence-corrected chi connectivity index (χ2v) is 6.24. The van der Waals surface area contributed by atoms with Crippen molar-refractivity contribution in [3.63, 3.8) is 0 Å². The summed E-state index contributed by atoms with van der Waals surface area (Å²) in [5.74, 6) is 1.45. The number of aromatic nitrogens is 3. The molecule has 124 valence electrons. The third kappa shape index (κ3) is 4.25. The number of hydrogen-bond donors (Lipinski definition) is 0. The minimum absolute atomic E-state index is 0.203. The first kappa shape index (κ1) is 17.3. The minimum Gasteiger partial charge on any atom is -0.482 e. The lowest BCUT2D eigenvalue weighted by molar-refractivity contribution is -0.137. The summed E-state index contributed by atoms with van der Waals surface area (Å²) < 4.78 is 12.5. The lowest BCUT2D eigenvalue weighted by Gasteiger charge is -2.16. The summed E-state index contributed by atoms with van der Waals surface area (Å²) in [6, 6.07) is 6.06. The predicted octanol–water partition coefficient (Wildman–Crippen LogP) is 2.84. The van der Waals surface area contributed by atoms with Crippen molar-refractivity contribution in [3.8, 4) is 5.75 Å². The van der Waals surface area contributed by atoms with Gasteiger partial charge < -0.3 is 14.0 Å². The number of carbonyl (C=O) groups is 1. The van der Waals surface area contributed by atoms with E-state index in [0.29, 0.717) is 11.0 Å². The maximum Gasteiger partial charge on any atom is 0.316 e. The quantitative estimate of drug-likeness (QED) is 0.597. The Labute approximate surface area is 140 Å². The van der Waals surface area contributed by atoms with Gasteiger partial charge in [-0.25, -0.2) is 0 Å². The highest BCUT2D eigenvalue weighted by atomic mass is 32.2. The second kappa shape index (κ2) is 7.50. The molecule has 6 nitrogen and oxygen atoms in total. The third-order valence-electron chi connectivity index (χ3n) is 3.41. The summed E-state index contributed by atoms with van der Waals surface area (Å²) >= 11 is 1.29. The van der Waals surface area contributed by atoms with Crippen molar-refractivity contribution in [2.75, 3.05) is 12.9 Å². The molecule has 7 heteroatoms. The molecule has 0 aliphatic heterocycles. The molecule has 0 fully saturated rings. The summed E-state index contributed by atoms with van der Waals surface area (Å²) in [4.78, 5) is 11.2. The van der Waals surface area contributed by atoms with Gasteiger partial charge in [-0.1, -0.05) is 29.5 Å². The van der Waals surface area contributed by atoms with Crippen molar-refractivity contribution in [2.45, 2.75) is 32.0 Å². The zero-order valence-corrected chi connectivity index (χ0v) is 14.8. The number of methoxy groups -OCH3 is 1. The van der Waals surface area contributed by atoms with Crippen LogP contribution < -0.4 is 4.74 Å². The molecule has 1 unspecified atom stereocenters. The topological polar surface area (TPSA) is 66.2 Å². The molecule has 2 aromatic rings. The zero-order valence-electron chi connectivity index (χ0n) is 14.0. The van der Waals surface area contributed by atoms with Gasteiger partial charge in [0.05, 0.1) is 12.9 Å². The molecule has 1 heterocycles. The fourth-order valence-electron chi connectivity index (χ4n) is 2.16. The monoisotopic (exact) mass is 335 g/mol. The fourth-order valence-corrected chi connectivity index (χ4v) is 2.91. The largest absolute Gasteiger partial charge is 0.482 e. The molecule has 0 spiro atoms. The van der Waals surface area contributed by atoms with Gasteiger partial charge in [-0.3, -0.25) is 4.79 Å². The van der Waals surface area contributed by atoms with Gasteiger partial charge in [-0.15, -0.1) is 10.2 Å². The second-order valence-electron chi connectivity index (χ2n) is 5.29. The number of rotatable bonds is 6. The molecule has 1 atom stereocenters. The normalized spacial score (nSPS) is 12.0. The number of nitrogens with zero attached hydrogens (tertiary/aromatic N) is 3. The number of carbonyl (C=O) groups excluding carboxylic acids is 1. The first-order chi connectivity index (χ1) is 10.9. The van der Waals surface area contributed by atoms with Crippen molar-refractivity contribution >= 4 is 17.7 Å². The molecule has 0 radical (unpaired) electrons. The smallest absolute Gasteiger partial charge is 0.316 e. The van der Waals surface area contributed by atoms with Crippen LogP contribution in [0.25, 0.3) is 0 Å². The van der Waals surface area contributed by atoms with E-state index in [4.69, 9.17) is 4.74 Å². The highest BCUT2D eigenvalue weighted by molar-refractivity contribution is 7.99. The van der Waals surface area contributed by atoms with Gasteiger partial charge in [0.1, 0.15) is 5.75 Å². The van der Waals surface area contributed by atoms with E-state index in [0.717, 1.165) is 11.3 Å². The van der Waals surface area contributed by atoms with Crippen LogP contribution in [0, 0.1) is 13.8 Å². The highest BCUT2D eigenvalue weighted by Gasteiger charge is 2.18. The van der Waals surface area contributed by atoms with Gasteiger partial charge in [-0.2, -0.15) is 0 Å². The lowest BCUT2D eigenvalue weighted by Crippen LogP contribution is -2.11. The molecule has 1 aromatic heterocycles. The van der Waals surface area contributed by atoms with Crippen molar-refractivity contribution in [1.82, 2.24) is 14.8 Å². The number of ether oxygens (including phenoxy) is 2. The van der Waals surface area contributed by atoms with Crippen LogP contribution in [0.1, 0.15) is 30.0 Å². The van der Waals surface area contributed by atoms with Crippen LogP contribution >= 0.6 is 11.8 Å². The summed E-state index contributed by atoms with van der Waals surface area (Å²) in [5.41, 5.74) is 2.28. The summed E-state index contributed by atoms with van der Waals surface area (Å²) in [7, 11) is 3.22. The number of esters is 1. The Balaban J connectivity index is 2.09. The summed E-state index contributed by atoms with van der Waals surface area (Å²) in [6.45, 7) is 6.00. The summed E-state index contributed by atoms with van der Waals surface area (Å²) in [5, 5.41) is 8.94. The molecule has 0 N–H and O–H groups in total. The molecule has 2 rings (SSSR count). The number of hydrogen-bond acceptors (Lipinski definition) is 6. The fraction of sp³-hybridized carbons (Fsp3) is 0.438. The maximum absolute atomic E-state index is 11.2. The minimum atomic E-state index is -0.292.